The second-order valence-electron chi connectivity index (χ2n) is 5.79. The zero-order valence-electron chi connectivity index (χ0n) is 10.9. The fraction of sp³-hybridized carbons (Fsp3) is 1.00. The largest absolute Gasteiger partial charge is 0.393 e. The molecule has 0 aromatic heterocycles. The van der Waals surface area contributed by atoms with Crippen LogP contribution in [0.15, 0.2) is 0 Å². The van der Waals surface area contributed by atoms with Gasteiger partial charge in [0.1, 0.15) is 12.1 Å². The van der Waals surface area contributed by atoms with Crippen LogP contribution in [0.5, 0.6) is 0 Å². The van der Waals surface area contributed by atoms with E-state index < -0.39 is 0 Å². The van der Waals surface area contributed by atoms with Crippen molar-refractivity contribution in [1.29, 1.82) is 0 Å². The Labute approximate surface area is 104 Å². The lowest BCUT2D eigenvalue weighted by atomic mass is 10.1. The molecule has 2 fully saturated rings. The lowest BCUT2D eigenvalue weighted by Crippen LogP contribution is -3.21. The van der Waals surface area contributed by atoms with Gasteiger partial charge in [-0.05, 0) is 44.9 Å². The van der Waals surface area contributed by atoms with Gasteiger partial charge in [0.2, 0.25) is 0 Å². The van der Waals surface area contributed by atoms with E-state index in [4.69, 9.17) is 0 Å². The molecule has 17 heavy (non-hydrogen) atoms. The van der Waals surface area contributed by atoms with E-state index in [-0.39, 0.29) is 12.2 Å². The summed E-state index contributed by atoms with van der Waals surface area (Å²) in [4.78, 5) is 0. The minimum Gasteiger partial charge on any atom is -0.393 e. The van der Waals surface area contributed by atoms with Crippen LogP contribution in [0.25, 0.3) is 0 Å². The molecule has 2 aliphatic carbocycles. The van der Waals surface area contributed by atoms with Crippen LogP contribution in [0.1, 0.15) is 51.4 Å². The Morgan fingerprint density at radius 2 is 1.71 bits per heavy atom. The normalized spacial score (nSPS) is 41.1. The van der Waals surface area contributed by atoms with Crippen molar-refractivity contribution in [2.24, 2.45) is 0 Å². The predicted octanol–water partition coefficient (Wildman–Crippen LogP) is -0.387. The summed E-state index contributed by atoms with van der Waals surface area (Å²) in [7, 11) is 2.13. The van der Waals surface area contributed by atoms with Gasteiger partial charge in [-0.1, -0.05) is 0 Å². The first-order chi connectivity index (χ1) is 8.16. The quantitative estimate of drug-likeness (QED) is 0.403. The number of hydrogen-bond acceptors (Lipinski definition) is 3. The highest BCUT2D eigenvalue weighted by atomic mass is 16.3. The van der Waals surface area contributed by atoms with Gasteiger partial charge in [-0.2, -0.15) is 5.43 Å². The smallest absolute Gasteiger partial charge is 0.131 e. The lowest BCUT2D eigenvalue weighted by molar-refractivity contribution is -0.956. The Balaban J connectivity index is 1.79. The first kappa shape index (κ1) is 13.3. The van der Waals surface area contributed by atoms with E-state index in [1.54, 1.807) is 0 Å². The number of nitrogens with one attached hydrogen (secondary N) is 2. The van der Waals surface area contributed by atoms with Crippen LogP contribution in [0.3, 0.4) is 0 Å². The van der Waals surface area contributed by atoms with Crippen molar-refractivity contribution in [2.75, 3.05) is 7.05 Å². The topological polar surface area (TPSA) is 56.9 Å². The maximum atomic E-state index is 9.89. The highest BCUT2D eigenvalue weighted by molar-refractivity contribution is 4.76. The van der Waals surface area contributed by atoms with E-state index in [9.17, 15) is 10.2 Å². The molecular weight excluding hydrogens is 216 g/mol. The van der Waals surface area contributed by atoms with Gasteiger partial charge >= 0.3 is 0 Å². The van der Waals surface area contributed by atoms with Crippen molar-refractivity contribution in [3.63, 3.8) is 0 Å². The molecule has 100 valence electrons. The van der Waals surface area contributed by atoms with Gasteiger partial charge in [-0.15, -0.1) is 0 Å². The van der Waals surface area contributed by atoms with Gasteiger partial charge in [0.05, 0.1) is 19.2 Å². The molecule has 5 unspecified atom stereocenters. The van der Waals surface area contributed by atoms with Crippen LogP contribution in [-0.4, -0.2) is 41.6 Å². The Kier molecular flexibility index (Phi) is 4.79. The maximum absolute atomic E-state index is 9.89. The van der Waals surface area contributed by atoms with Crippen LogP contribution in [0, 0.1) is 0 Å². The van der Waals surface area contributed by atoms with Gasteiger partial charge in [0.25, 0.3) is 0 Å². The zero-order chi connectivity index (χ0) is 12.3. The number of aliphatic hydroxyl groups is 2. The molecule has 0 heterocycles. The van der Waals surface area contributed by atoms with E-state index >= 15 is 0 Å². The Morgan fingerprint density at radius 3 is 2.41 bits per heavy atom. The molecule has 0 aliphatic heterocycles. The van der Waals surface area contributed by atoms with Crippen LogP contribution in [0.4, 0.5) is 0 Å². The number of likely N-dealkylation sites (N-methyl/N-ethyl adjacent to an activating group) is 1. The molecule has 4 N–H and O–H groups in total. The fourth-order valence-corrected chi connectivity index (χ4v) is 3.30. The van der Waals surface area contributed by atoms with Crippen molar-refractivity contribution < 1.29 is 15.2 Å². The zero-order valence-corrected chi connectivity index (χ0v) is 10.9. The van der Waals surface area contributed by atoms with Crippen molar-refractivity contribution >= 4 is 0 Å². The molecule has 4 nitrogen and oxygen atoms in total. The van der Waals surface area contributed by atoms with E-state index in [1.807, 2.05) is 0 Å². The van der Waals surface area contributed by atoms with Gasteiger partial charge in [-0.25, -0.2) is 0 Å². The summed E-state index contributed by atoms with van der Waals surface area (Å²) >= 11 is 0. The van der Waals surface area contributed by atoms with Gasteiger partial charge < -0.3 is 10.2 Å². The van der Waals surface area contributed by atoms with Crippen molar-refractivity contribution in [1.82, 2.24) is 5.43 Å². The summed E-state index contributed by atoms with van der Waals surface area (Å²) < 4.78 is 0. The van der Waals surface area contributed by atoms with Crippen molar-refractivity contribution in [3.05, 3.63) is 0 Å². The van der Waals surface area contributed by atoms with E-state index in [0.717, 1.165) is 51.4 Å². The van der Waals surface area contributed by atoms with Gasteiger partial charge in [-0.3, -0.25) is 5.01 Å². The van der Waals surface area contributed by atoms with Gasteiger partial charge in [0.15, 0.2) is 0 Å². The molecule has 5 atom stereocenters. The highest BCUT2D eigenvalue weighted by Crippen LogP contribution is 2.18. The van der Waals surface area contributed by atoms with Crippen molar-refractivity contribution in [3.8, 4) is 0 Å². The summed E-state index contributed by atoms with van der Waals surface area (Å²) in [5.74, 6) is 0. The molecule has 2 saturated carbocycles. The average Bonchev–Trinajstić information content (AvgIpc) is 2.61. The molecule has 0 spiro atoms. The monoisotopic (exact) mass is 243 g/mol. The first-order valence-corrected chi connectivity index (χ1v) is 7.13. The number of rotatable bonds is 3. The first-order valence-electron chi connectivity index (χ1n) is 7.13. The Hall–Kier alpha value is -0.160. The molecule has 0 aromatic carbocycles. The Bertz CT molecular complexity index is 237. The molecular formula is C13H27N2O2+. The lowest BCUT2D eigenvalue weighted by Gasteiger charge is -2.28. The summed E-state index contributed by atoms with van der Waals surface area (Å²) in [6.07, 6.45) is 8.16. The third kappa shape index (κ3) is 3.65. The van der Waals surface area contributed by atoms with E-state index in [0.29, 0.717) is 12.1 Å². The second-order valence-corrected chi connectivity index (χ2v) is 5.79. The third-order valence-electron chi connectivity index (χ3n) is 4.41. The Morgan fingerprint density at radius 1 is 0.941 bits per heavy atom. The third-order valence-corrected chi connectivity index (χ3v) is 4.41. The molecule has 0 amide bonds. The highest BCUT2D eigenvalue weighted by Gasteiger charge is 2.33. The summed E-state index contributed by atoms with van der Waals surface area (Å²) in [5, 5.41) is 20.8. The molecule has 2 rings (SSSR count). The number of quaternary nitrogens is 1. The molecule has 2 aliphatic rings. The van der Waals surface area contributed by atoms with Crippen LogP contribution < -0.4 is 10.4 Å². The fourth-order valence-electron chi connectivity index (χ4n) is 3.30. The van der Waals surface area contributed by atoms with Crippen LogP contribution in [0.2, 0.25) is 0 Å². The molecule has 0 radical (unpaired) electrons. The van der Waals surface area contributed by atoms with Gasteiger partial charge in [0, 0.05) is 6.42 Å². The summed E-state index contributed by atoms with van der Waals surface area (Å²) in [6.45, 7) is 0. The maximum Gasteiger partial charge on any atom is 0.131 e. The molecule has 0 aromatic rings. The van der Waals surface area contributed by atoms with Crippen LogP contribution >= 0.6 is 0 Å². The molecule has 4 heteroatoms. The van der Waals surface area contributed by atoms with E-state index in [1.165, 1.54) is 5.01 Å². The standard InChI is InChI=1S/C13H26N2O2/c1-15(12-6-3-7-13(12)17)14-10-4-2-5-11(16)9-8-10/h10-14,16-17H,2-9H2,1H3/p+1. The second kappa shape index (κ2) is 6.14. The molecule has 0 saturated heterocycles. The van der Waals surface area contributed by atoms with Crippen molar-refractivity contribution in [2.45, 2.75) is 75.7 Å². The summed E-state index contributed by atoms with van der Waals surface area (Å²) in [5.41, 5.74) is 3.60. The molecule has 0 bridgehead atoms. The minimum atomic E-state index is -0.140. The number of hydrogen-bond donors (Lipinski definition) is 4. The van der Waals surface area contributed by atoms with E-state index in [2.05, 4.69) is 12.5 Å². The van der Waals surface area contributed by atoms with Crippen LogP contribution in [-0.2, 0) is 0 Å². The number of aliphatic hydroxyl groups excluding tert-OH is 2. The average molecular weight is 243 g/mol. The predicted molar refractivity (Wildman–Crippen MR) is 66.5 cm³/mol. The summed E-state index contributed by atoms with van der Waals surface area (Å²) in [6, 6.07) is 0.850. The SMILES string of the molecule is C[NH+](NC1CCCC(O)CC1)C1CCCC1O. The minimum absolute atomic E-state index is 0.0980.